The molecule has 0 radical (unpaired) electrons. The van der Waals surface area contributed by atoms with Gasteiger partial charge >= 0.3 is 5.69 Å². The topological polar surface area (TPSA) is 76.7 Å². The maximum Gasteiger partial charge on any atom is 0.345 e. The first-order valence-corrected chi connectivity index (χ1v) is 7.76. The second-order valence-electron chi connectivity index (χ2n) is 5.43. The summed E-state index contributed by atoms with van der Waals surface area (Å²) in [6.45, 7) is 5.15. The van der Waals surface area contributed by atoms with Gasteiger partial charge in [0, 0.05) is 37.3 Å². The summed E-state index contributed by atoms with van der Waals surface area (Å²) in [5.74, 6) is 1.27. The molecule has 0 unspecified atom stereocenters. The average Bonchev–Trinajstić information content (AvgIpc) is 2.59. The van der Waals surface area contributed by atoms with Gasteiger partial charge in [0.1, 0.15) is 0 Å². The van der Waals surface area contributed by atoms with Crippen LogP contribution >= 0.6 is 0 Å². The molecule has 3 rings (SSSR count). The summed E-state index contributed by atoms with van der Waals surface area (Å²) in [7, 11) is 1.60. The Kier molecular flexibility index (Phi) is 5.09. The zero-order valence-corrected chi connectivity index (χ0v) is 13.2. The number of morpholine rings is 1. The number of nitrogens with zero attached hydrogens (tertiary/aromatic N) is 2. The van der Waals surface area contributed by atoms with Crippen molar-refractivity contribution in [3.05, 3.63) is 28.8 Å². The molecular formula is C16H21N3O4. The van der Waals surface area contributed by atoms with E-state index in [0.717, 1.165) is 44.7 Å². The fourth-order valence-electron chi connectivity index (χ4n) is 2.63. The Morgan fingerprint density at radius 2 is 2.13 bits per heavy atom. The monoisotopic (exact) mass is 319 g/mol. The van der Waals surface area contributed by atoms with Gasteiger partial charge in [0.05, 0.1) is 32.4 Å². The molecule has 1 aliphatic rings. The Hall–Kier alpha value is -2.12. The van der Waals surface area contributed by atoms with Gasteiger partial charge in [0.15, 0.2) is 11.5 Å². The number of fused-ring (bicyclic) bond motifs is 1. The van der Waals surface area contributed by atoms with Gasteiger partial charge in [-0.2, -0.15) is 0 Å². The number of hydrogen-bond donors (Lipinski definition) is 1. The van der Waals surface area contributed by atoms with E-state index in [0.29, 0.717) is 23.6 Å². The molecule has 1 aliphatic heterocycles. The predicted molar refractivity (Wildman–Crippen MR) is 86.3 cm³/mol. The first kappa shape index (κ1) is 15.8. The number of rotatable bonds is 6. The molecule has 0 bridgehead atoms. The molecule has 1 N–H and O–H groups in total. The van der Waals surface area contributed by atoms with Gasteiger partial charge in [0.25, 0.3) is 0 Å². The molecule has 2 heterocycles. The minimum atomic E-state index is -0.374. The third-order valence-corrected chi connectivity index (χ3v) is 3.88. The van der Waals surface area contributed by atoms with Crippen LogP contribution in [0.2, 0.25) is 0 Å². The van der Waals surface area contributed by atoms with E-state index in [-0.39, 0.29) is 5.69 Å². The maximum absolute atomic E-state index is 11.3. The summed E-state index contributed by atoms with van der Waals surface area (Å²) in [5.41, 5.74) is 0.315. The lowest BCUT2D eigenvalue weighted by atomic mass is 10.2. The van der Waals surface area contributed by atoms with Crippen LogP contribution in [-0.2, 0) is 4.74 Å². The molecule has 0 saturated carbocycles. The van der Waals surface area contributed by atoms with Crippen LogP contribution in [0.5, 0.6) is 11.5 Å². The van der Waals surface area contributed by atoms with E-state index in [1.807, 2.05) is 6.07 Å². The molecule has 1 aromatic heterocycles. The molecule has 1 aromatic carbocycles. The molecule has 0 aliphatic carbocycles. The quantitative estimate of drug-likeness (QED) is 0.802. The smallest absolute Gasteiger partial charge is 0.345 e. The second-order valence-corrected chi connectivity index (χ2v) is 5.43. The normalized spacial score (nSPS) is 15.7. The third-order valence-electron chi connectivity index (χ3n) is 3.88. The Balaban J connectivity index is 1.62. The van der Waals surface area contributed by atoms with Crippen LogP contribution in [0.3, 0.4) is 0 Å². The summed E-state index contributed by atoms with van der Waals surface area (Å²) < 4.78 is 16.5. The van der Waals surface area contributed by atoms with Crippen molar-refractivity contribution in [2.75, 3.05) is 46.6 Å². The number of hydrogen-bond acceptors (Lipinski definition) is 6. The molecule has 124 valence electrons. The lowest BCUT2D eigenvalue weighted by Crippen LogP contribution is -2.37. The van der Waals surface area contributed by atoms with Gasteiger partial charge in [-0.25, -0.2) is 9.78 Å². The van der Waals surface area contributed by atoms with Crippen LogP contribution in [0.4, 0.5) is 0 Å². The van der Waals surface area contributed by atoms with Crippen molar-refractivity contribution in [2.24, 2.45) is 0 Å². The number of aromatic nitrogens is 2. The van der Waals surface area contributed by atoms with Crippen LogP contribution in [0, 0.1) is 0 Å². The molecule has 1 saturated heterocycles. The van der Waals surface area contributed by atoms with Crippen LogP contribution in [-0.4, -0.2) is 61.4 Å². The summed E-state index contributed by atoms with van der Waals surface area (Å²) in [4.78, 5) is 20.1. The zero-order chi connectivity index (χ0) is 16.1. The Bertz CT molecular complexity index is 710. The average molecular weight is 319 g/mol. The summed E-state index contributed by atoms with van der Waals surface area (Å²) >= 11 is 0. The molecule has 23 heavy (non-hydrogen) atoms. The van der Waals surface area contributed by atoms with Crippen LogP contribution in [0.25, 0.3) is 10.9 Å². The van der Waals surface area contributed by atoms with Crippen LogP contribution in [0.15, 0.2) is 23.1 Å². The van der Waals surface area contributed by atoms with Crippen molar-refractivity contribution in [1.29, 1.82) is 0 Å². The standard InChI is InChI=1S/C16H21N3O4/c1-21-14-9-12-11-17-16(20)18-13(12)10-15(14)23-6-2-3-19-4-7-22-8-5-19/h9-11H,2-8H2,1H3,(H,17,18,20). The Morgan fingerprint density at radius 1 is 1.30 bits per heavy atom. The highest BCUT2D eigenvalue weighted by atomic mass is 16.5. The highest BCUT2D eigenvalue weighted by Crippen LogP contribution is 2.30. The van der Waals surface area contributed by atoms with E-state index in [1.54, 1.807) is 13.2 Å². The zero-order valence-electron chi connectivity index (χ0n) is 13.2. The molecule has 1 fully saturated rings. The van der Waals surface area contributed by atoms with Gasteiger partial charge < -0.3 is 19.2 Å². The van der Waals surface area contributed by atoms with Gasteiger partial charge in [-0.1, -0.05) is 0 Å². The van der Waals surface area contributed by atoms with Gasteiger partial charge in [-0.05, 0) is 12.5 Å². The lowest BCUT2D eigenvalue weighted by molar-refractivity contribution is 0.0357. The van der Waals surface area contributed by atoms with Crippen molar-refractivity contribution in [2.45, 2.75) is 6.42 Å². The highest BCUT2D eigenvalue weighted by Gasteiger charge is 2.11. The van der Waals surface area contributed by atoms with E-state index in [9.17, 15) is 4.79 Å². The summed E-state index contributed by atoms with van der Waals surface area (Å²) in [5, 5.41) is 0.808. The maximum atomic E-state index is 11.3. The van der Waals surface area contributed by atoms with E-state index < -0.39 is 0 Å². The minimum Gasteiger partial charge on any atom is -0.493 e. The third kappa shape index (κ3) is 4.00. The van der Waals surface area contributed by atoms with Crippen molar-refractivity contribution < 1.29 is 14.2 Å². The van der Waals surface area contributed by atoms with Crippen molar-refractivity contribution >= 4 is 10.9 Å². The molecule has 0 atom stereocenters. The van der Waals surface area contributed by atoms with Crippen molar-refractivity contribution in [1.82, 2.24) is 14.9 Å². The van der Waals surface area contributed by atoms with Crippen molar-refractivity contribution in [3.8, 4) is 11.5 Å². The number of H-pyrrole nitrogens is 1. The SMILES string of the molecule is COc1cc2cnc(=O)[nH]c2cc1OCCCN1CCOCC1. The van der Waals surface area contributed by atoms with Gasteiger partial charge in [-0.15, -0.1) is 0 Å². The Morgan fingerprint density at radius 3 is 2.91 bits per heavy atom. The second kappa shape index (κ2) is 7.43. The lowest BCUT2D eigenvalue weighted by Gasteiger charge is -2.26. The number of ether oxygens (including phenoxy) is 3. The number of methoxy groups -OCH3 is 1. The fraction of sp³-hybridized carbons (Fsp3) is 0.500. The molecule has 2 aromatic rings. The van der Waals surface area contributed by atoms with E-state index in [1.165, 1.54) is 6.20 Å². The van der Waals surface area contributed by atoms with Crippen LogP contribution < -0.4 is 15.2 Å². The molecule has 7 heteroatoms. The summed E-state index contributed by atoms with van der Waals surface area (Å²) in [6, 6.07) is 3.60. The molecule has 0 amide bonds. The van der Waals surface area contributed by atoms with Crippen molar-refractivity contribution in [3.63, 3.8) is 0 Å². The first-order valence-electron chi connectivity index (χ1n) is 7.76. The summed E-state index contributed by atoms with van der Waals surface area (Å²) in [6.07, 6.45) is 2.45. The minimum absolute atomic E-state index is 0.374. The number of aromatic amines is 1. The largest absolute Gasteiger partial charge is 0.493 e. The van der Waals surface area contributed by atoms with Crippen LogP contribution in [0.1, 0.15) is 6.42 Å². The Labute approximate surface area is 134 Å². The first-order chi connectivity index (χ1) is 11.3. The highest BCUT2D eigenvalue weighted by molar-refractivity contribution is 5.81. The van der Waals surface area contributed by atoms with Gasteiger partial charge in [-0.3, -0.25) is 4.90 Å². The molecule has 0 spiro atoms. The van der Waals surface area contributed by atoms with E-state index >= 15 is 0 Å². The van der Waals surface area contributed by atoms with E-state index in [2.05, 4.69) is 14.9 Å². The van der Waals surface area contributed by atoms with E-state index in [4.69, 9.17) is 14.2 Å². The molecule has 7 nitrogen and oxygen atoms in total. The predicted octanol–water partition coefficient (Wildman–Crippen LogP) is 1.03. The fourth-order valence-corrected chi connectivity index (χ4v) is 2.63. The number of nitrogens with one attached hydrogen (secondary N) is 1. The van der Waals surface area contributed by atoms with Gasteiger partial charge in [0.2, 0.25) is 0 Å². The molecular weight excluding hydrogens is 298 g/mol. The number of benzene rings is 1.